The van der Waals surface area contributed by atoms with Crippen molar-refractivity contribution in [1.82, 2.24) is 5.32 Å². The minimum absolute atomic E-state index is 0.127. The molecule has 2 fully saturated rings. The molecule has 0 aromatic rings. The number of hydrogen-bond acceptors (Lipinski definition) is 2. The SMILES string of the molecule is CCCCN[C@H]1[C@H]2CC[C@@](C)([C@@H]1O)C2(C)C. The predicted octanol–water partition coefficient (Wildman–Crippen LogP) is 2.56. The maximum Gasteiger partial charge on any atom is 0.0754 e. The van der Waals surface area contributed by atoms with Crippen LogP contribution in [0, 0.1) is 16.7 Å². The van der Waals surface area contributed by atoms with E-state index in [0.717, 1.165) is 6.54 Å². The lowest BCUT2D eigenvalue weighted by Crippen LogP contribution is -2.47. The lowest BCUT2D eigenvalue weighted by molar-refractivity contribution is 0.000131. The van der Waals surface area contributed by atoms with Crippen LogP contribution in [-0.2, 0) is 0 Å². The lowest BCUT2D eigenvalue weighted by Gasteiger charge is -2.37. The first kappa shape index (κ1) is 12.4. The van der Waals surface area contributed by atoms with E-state index in [1.807, 2.05) is 0 Å². The summed E-state index contributed by atoms with van der Waals surface area (Å²) in [6.07, 6.45) is 4.76. The summed E-state index contributed by atoms with van der Waals surface area (Å²) in [6, 6.07) is 0.334. The number of fused-ring (bicyclic) bond motifs is 2. The average molecular weight is 225 g/mol. The molecule has 2 aliphatic rings. The van der Waals surface area contributed by atoms with Crippen molar-refractivity contribution >= 4 is 0 Å². The van der Waals surface area contributed by atoms with Crippen molar-refractivity contribution < 1.29 is 5.11 Å². The van der Waals surface area contributed by atoms with Gasteiger partial charge in [-0.1, -0.05) is 34.1 Å². The van der Waals surface area contributed by atoms with Crippen LogP contribution < -0.4 is 5.32 Å². The van der Waals surface area contributed by atoms with E-state index in [2.05, 4.69) is 33.0 Å². The monoisotopic (exact) mass is 225 g/mol. The third-order valence-corrected chi connectivity index (χ3v) is 5.71. The number of hydrogen-bond donors (Lipinski definition) is 2. The van der Waals surface area contributed by atoms with Crippen molar-refractivity contribution in [2.45, 2.75) is 65.5 Å². The molecular weight excluding hydrogens is 198 g/mol. The molecule has 4 atom stereocenters. The smallest absolute Gasteiger partial charge is 0.0754 e. The normalized spacial score (nSPS) is 45.2. The molecule has 0 heterocycles. The Hall–Kier alpha value is -0.0800. The van der Waals surface area contributed by atoms with Gasteiger partial charge in [0, 0.05) is 11.5 Å². The first-order valence-electron chi connectivity index (χ1n) is 6.86. The first-order valence-corrected chi connectivity index (χ1v) is 6.86. The van der Waals surface area contributed by atoms with Crippen LogP contribution in [0.2, 0.25) is 0 Å². The number of unbranched alkanes of at least 4 members (excludes halogenated alkanes) is 1. The van der Waals surface area contributed by atoms with Crippen molar-refractivity contribution in [3.05, 3.63) is 0 Å². The van der Waals surface area contributed by atoms with E-state index in [9.17, 15) is 5.11 Å². The largest absolute Gasteiger partial charge is 0.391 e. The van der Waals surface area contributed by atoms with E-state index < -0.39 is 0 Å². The van der Waals surface area contributed by atoms with Gasteiger partial charge in [-0.2, -0.15) is 0 Å². The van der Waals surface area contributed by atoms with E-state index in [-0.39, 0.29) is 16.9 Å². The van der Waals surface area contributed by atoms with Crippen molar-refractivity contribution in [1.29, 1.82) is 0 Å². The molecule has 2 bridgehead atoms. The third kappa shape index (κ3) is 1.46. The second kappa shape index (κ2) is 3.99. The van der Waals surface area contributed by atoms with Crippen LogP contribution in [0.5, 0.6) is 0 Å². The van der Waals surface area contributed by atoms with Gasteiger partial charge in [-0.15, -0.1) is 0 Å². The molecule has 2 nitrogen and oxygen atoms in total. The molecule has 0 aromatic carbocycles. The van der Waals surface area contributed by atoms with Crippen LogP contribution >= 0.6 is 0 Å². The molecule has 16 heavy (non-hydrogen) atoms. The van der Waals surface area contributed by atoms with Crippen LogP contribution in [0.4, 0.5) is 0 Å². The van der Waals surface area contributed by atoms with Crippen molar-refractivity contribution in [2.24, 2.45) is 16.7 Å². The summed E-state index contributed by atoms with van der Waals surface area (Å²) in [5.74, 6) is 0.657. The number of aliphatic hydroxyl groups excluding tert-OH is 1. The topological polar surface area (TPSA) is 32.3 Å². The maximum absolute atomic E-state index is 10.5. The van der Waals surface area contributed by atoms with Crippen LogP contribution in [0.25, 0.3) is 0 Å². The molecule has 2 aliphatic carbocycles. The summed E-state index contributed by atoms with van der Waals surface area (Å²) in [5.41, 5.74) is 0.415. The molecule has 0 aliphatic heterocycles. The van der Waals surface area contributed by atoms with Crippen LogP contribution in [-0.4, -0.2) is 23.8 Å². The molecular formula is C14H27NO. The Morgan fingerprint density at radius 3 is 2.50 bits per heavy atom. The second-order valence-corrected chi connectivity index (χ2v) is 6.56. The minimum Gasteiger partial charge on any atom is -0.391 e. The second-order valence-electron chi connectivity index (χ2n) is 6.56. The van der Waals surface area contributed by atoms with Gasteiger partial charge in [0.2, 0.25) is 0 Å². The summed E-state index contributed by atoms with van der Waals surface area (Å²) >= 11 is 0. The fourth-order valence-corrected chi connectivity index (χ4v) is 4.04. The van der Waals surface area contributed by atoms with Gasteiger partial charge in [0.1, 0.15) is 0 Å². The predicted molar refractivity (Wildman–Crippen MR) is 67.3 cm³/mol. The molecule has 0 saturated heterocycles. The summed E-state index contributed by atoms with van der Waals surface area (Å²) in [5, 5.41) is 14.1. The van der Waals surface area contributed by atoms with Gasteiger partial charge in [-0.05, 0) is 37.1 Å². The zero-order valence-electron chi connectivity index (χ0n) is 11.2. The highest BCUT2D eigenvalue weighted by Crippen LogP contribution is 2.65. The Labute approximate surface area is 99.8 Å². The highest BCUT2D eigenvalue weighted by molar-refractivity contribution is 5.16. The van der Waals surface area contributed by atoms with Crippen LogP contribution in [0.3, 0.4) is 0 Å². The van der Waals surface area contributed by atoms with Gasteiger partial charge in [0.15, 0.2) is 0 Å². The lowest BCUT2D eigenvalue weighted by atomic mass is 9.70. The molecule has 2 rings (SSSR count). The van der Waals surface area contributed by atoms with Crippen LogP contribution in [0.1, 0.15) is 53.4 Å². The molecule has 2 N–H and O–H groups in total. The molecule has 0 spiro atoms. The first-order chi connectivity index (χ1) is 7.45. The Balaban J connectivity index is 2.07. The molecule has 94 valence electrons. The van der Waals surface area contributed by atoms with E-state index in [1.54, 1.807) is 0 Å². The van der Waals surface area contributed by atoms with Gasteiger partial charge < -0.3 is 10.4 Å². The van der Waals surface area contributed by atoms with E-state index in [4.69, 9.17) is 0 Å². The molecule has 0 unspecified atom stereocenters. The number of nitrogens with one attached hydrogen (secondary N) is 1. The fourth-order valence-electron chi connectivity index (χ4n) is 4.04. The van der Waals surface area contributed by atoms with E-state index in [0.29, 0.717) is 12.0 Å². The zero-order chi connectivity index (χ0) is 12.0. The minimum atomic E-state index is -0.155. The highest BCUT2D eigenvalue weighted by Gasteiger charge is 2.65. The maximum atomic E-state index is 10.5. The quantitative estimate of drug-likeness (QED) is 0.721. The van der Waals surface area contributed by atoms with Crippen LogP contribution in [0.15, 0.2) is 0 Å². The molecule has 2 heteroatoms. The number of rotatable bonds is 4. The van der Waals surface area contributed by atoms with E-state index in [1.165, 1.54) is 25.7 Å². The zero-order valence-corrected chi connectivity index (χ0v) is 11.2. The van der Waals surface area contributed by atoms with E-state index >= 15 is 0 Å². The summed E-state index contributed by atoms with van der Waals surface area (Å²) in [6.45, 7) is 10.2. The Morgan fingerprint density at radius 1 is 1.31 bits per heavy atom. The standard InChI is InChI=1S/C14H27NO/c1-5-6-9-15-11-10-7-8-14(4,12(11)16)13(10,2)3/h10-12,15-16H,5-9H2,1-4H3/t10-,11+,12-,14+/m1/s1. The van der Waals surface area contributed by atoms with Gasteiger partial charge >= 0.3 is 0 Å². The van der Waals surface area contributed by atoms with Gasteiger partial charge in [0.25, 0.3) is 0 Å². The summed E-state index contributed by atoms with van der Waals surface area (Å²) < 4.78 is 0. The number of aliphatic hydroxyl groups is 1. The molecule has 2 saturated carbocycles. The summed E-state index contributed by atoms with van der Waals surface area (Å²) in [4.78, 5) is 0. The Morgan fingerprint density at radius 2 is 2.00 bits per heavy atom. The fraction of sp³-hybridized carbons (Fsp3) is 1.00. The van der Waals surface area contributed by atoms with Gasteiger partial charge in [-0.25, -0.2) is 0 Å². The third-order valence-electron chi connectivity index (χ3n) is 5.71. The van der Waals surface area contributed by atoms with Gasteiger partial charge in [-0.3, -0.25) is 0 Å². The summed E-state index contributed by atoms with van der Waals surface area (Å²) in [7, 11) is 0. The molecule has 0 radical (unpaired) electrons. The van der Waals surface area contributed by atoms with Crippen molar-refractivity contribution in [2.75, 3.05) is 6.54 Å². The Bertz CT molecular complexity index is 263. The highest BCUT2D eigenvalue weighted by atomic mass is 16.3. The average Bonchev–Trinajstić information content (AvgIpc) is 2.53. The van der Waals surface area contributed by atoms with Crippen molar-refractivity contribution in [3.8, 4) is 0 Å². The molecule has 0 amide bonds. The van der Waals surface area contributed by atoms with Crippen molar-refractivity contribution in [3.63, 3.8) is 0 Å². The molecule has 0 aromatic heterocycles. The Kier molecular flexibility index (Phi) is 3.09. The van der Waals surface area contributed by atoms with Gasteiger partial charge in [0.05, 0.1) is 6.10 Å².